The lowest BCUT2D eigenvalue weighted by atomic mass is 10.1. The van der Waals surface area contributed by atoms with Crippen LogP contribution in [0.1, 0.15) is 6.04 Å². The molecule has 0 radical (unpaired) electrons. The van der Waals surface area contributed by atoms with Crippen molar-refractivity contribution >= 4 is 16.7 Å². The van der Waals surface area contributed by atoms with Crippen molar-refractivity contribution in [3.05, 3.63) is 24.5 Å². The van der Waals surface area contributed by atoms with Crippen molar-refractivity contribution in [2.24, 2.45) is 0 Å². The van der Waals surface area contributed by atoms with E-state index in [1.165, 1.54) is 0 Å². The quantitative estimate of drug-likeness (QED) is 0.691. The van der Waals surface area contributed by atoms with Gasteiger partial charge in [0.15, 0.2) is 0 Å². The third-order valence-electron chi connectivity index (χ3n) is 3.44. The first-order valence-corrected chi connectivity index (χ1v) is 5.84. The second kappa shape index (κ2) is 4.24. The number of nitrogen functional groups attached to an aromatic ring is 1. The van der Waals surface area contributed by atoms with Crippen molar-refractivity contribution in [1.82, 2.24) is 9.55 Å². The summed E-state index contributed by atoms with van der Waals surface area (Å²) in [6.45, 7) is 0.166. The molecule has 6 heteroatoms. The van der Waals surface area contributed by atoms with Gasteiger partial charge in [-0.1, -0.05) is 0 Å². The Kier molecular flexibility index (Phi) is 2.70. The van der Waals surface area contributed by atoms with Gasteiger partial charge in [0.05, 0.1) is 19.3 Å². The third-order valence-corrected chi connectivity index (χ3v) is 3.44. The maximum Gasteiger partial charge on any atom is 0.142 e. The number of ether oxygens (including phenoxy) is 1. The molecule has 1 fully saturated rings. The molecule has 0 aliphatic carbocycles. The van der Waals surface area contributed by atoms with Gasteiger partial charge < -0.3 is 25.3 Å². The Morgan fingerprint density at radius 3 is 3.06 bits per heavy atom. The largest absolute Gasteiger partial charge is 0.398 e. The Bertz CT molecular complexity index is 569. The molecule has 6 nitrogen and oxygen atoms in total. The zero-order chi connectivity index (χ0) is 12.7. The number of hydrogen-bond donors (Lipinski definition) is 3. The van der Waals surface area contributed by atoms with E-state index in [-0.39, 0.29) is 12.6 Å². The number of aromatic nitrogens is 2. The number of aliphatic hydroxyl groups is 2. The van der Waals surface area contributed by atoms with Gasteiger partial charge in [-0.2, -0.15) is 0 Å². The van der Waals surface area contributed by atoms with Crippen LogP contribution in [0.5, 0.6) is 0 Å². The van der Waals surface area contributed by atoms with Gasteiger partial charge in [-0.25, -0.2) is 4.98 Å². The topological polar surface area (TPSA) is 93.5 Å². The fraction of sp³-hybridized carbons (Fsp3) is 0.417. The van der Waals surface area contributed by atoms with Gasteiger partial charge in [0.25, 0.3) is 0 Å². The van der Waals surface area contributed by atoms with Crippen LogP contribution >= 0.6 is 0 Å². The summed E-state index contributed by atoms with van der Waals surface area (Å²) in [5, 5.41) is 20.0. The molecule has 18 heavy (non-hydrogen) atoms. The molecule has 3 heterocycles. The Morgan fingerprint density at radius 2 is 2.33 bits per heavy atom. The summed E-state index contributed by atoms with van der Waals surface area (Å²) in [5.74, 6) is 0. The molecule has 1 saturated heterocycles. The maximum absolute atomic E-state index is 10.1. The summed E-state index contributed by atoms with van der Waals surface area (Å²) in [4.78, 5) is 4.29. The molecule has 1 aliphatic heterocycles. The molecule has 2 aromatic rings. The van der Waals surface area contributed by atoms with E-state index in [2.05, 4.69) is 4.98 Å². The zero-order valence-corrected chi connectivity index (χ0v) is 9.73. The molecule has 1 unspecified atom stereocenters. The van der Waals surface area contributed by atoms with Crippen LogP contribution in [0, 0.1) is 0 Å². The van der Waals surface area contributed by atoms with E-state index in [1.807, 2.05) is 16.8 Å². The van der Waals surface area contributed by atoms with Gasteiger partial charge in [0.1, 0.15) is 17.9 Å². The Labute approximate surface area is 104 Å². The van der Waals surface area contributed by atoms with Crippen molar-refractivity contribution in [1.29, 1.82) is 0 Å². The van der Waals surface area contributed by atoms with Crippen molar-refractivity contribution in [3.8, 4) is 0 Å². The van der Waals surface area contributed by atoms with Crippen LogP contribution in [0.4, 0.5) is 5.69 Å². The van der Waals surface area contributed by atoms with Gasteiger partial charge in [0.2, 0.25) is 0 Å². The van der Waals surface area contributed by atoms with Crippen molar-refractivity contribution in [2.45, 2.75) is 18.2 Å². The molecule has 0 aromatic carbocycles. The summed E-state index contributed by atoms with van der Waals surface area (Å²) in [5.41, 5.74) is 7.25. The van der Waals surface area contributed by atoms with Gasteiger partial charge in [-0.3, -0.25) is 0 Å². The number of nitrogens with two attached hydrogens (primary N) is 1. The highest BCUT2D eigenvalue weighted by Gasteiger charge is 2.37. The van der Waals surface area contributed by atoms with E-state index < -0.39 is 12.2 Å². The fourth-order valence-corrected chi connectivity index (χ4v) is 2.42. The van der Waals surface area contributed by atoms with Crippen molar-refractivity contribution in [2.75, 3.05) is 18.9 Å². The van der Waals surface area contributed by atoms with E-state index in [0.717, 1.165) is 11.0 Å². The first-order valence-electron chi connectivity index (χ1n) is 5.84. The monoisotopic (exact) mass is 249 g/mol. The van der Waals surface area contributed by atoms with E-state index in [1.54, 1.807) is 12.3 Å². The number of hydrogen-bond acceptors (Lipinski definition) is 5. The van der Waals surface area contributed by atoms with Crippen LogP contribution < -0.4 is 5.73 Å². The van der Waals surface area contributed by atoms with Gasteiger partial charge >= 0.3 is 0 Å². The standard InChI is InChI=1S/C12H15N3O3/c13-8-1-3-14-12-7(8)2-4-15(12)9-6-18-10(5-16)11(9)17/h1-4,9-11,16-17H,5-6H2,(H2,13,14)/t9?,10-,11+/m1/s1. The molecule has 0 amide bonds. The first kappa shape index (κ1) is 11.5. The van der Waals surface area contributed by atoms with Crippen LogP contribution in [0.25, 0.3) is 11.0 Å². The van der Waals surface area contributed by atoms with Gasteiger partial charge in [0, 0.05) is 23.5 Å². The number of nitrogens with zero attached hydrogens (tertiary/aromatic N) is 2. The van der Waals surface area contributed by atoms with Crippen LogP contribution in [0.15, 0.2) is 24.5 Å². The lowest BCUT2D eigenvalue weighted by molar-refractivity contribution is 0.00207. The van der Waals surface area contributed by atoms with Gasteiger partial charge in [-0.05, 0) is 12.1 Å². The second-order valence-electron chi connectivity index (χ2n) is 4.47. The number of pyridine rings is 1. The van der Waals surface area contributed by atoms with Crippen molar-refractivity contribution < 1.29 is 14.9 Å². The predicted molar refractivity (Wildman–Crippen MR) is 66.0 cm³/mol. The molecule has 0 saturated carbocycles. The summed E-state index contributed by atoms with van der Waals surface area (Å²) in [6.07, 6.45) is 2.20. The van der Waals surface area contributed by atoms with E-state index in [0.29, 0.717) is 12.3 Å². The maximum atomic E-state index is 10.1. The first-order chi connectivity index (χ1) is 8.72. The van der Waals surface area contributed by atoms with E-state index >= 15 is 0 Å². The molecular formula is C12H15N3O3. The number of anilines is 1. The highest BCUT2D eigenvalue weighted by atomic mass is 16.5. The van der Waals surface area contributed by atoms with Crippen LogP contribution in [0.3, 0.4) is 0 Å². The smallest absolute Gasteiger partial charge is 0.142 e. The van der Waals surface area contributed by atoms with E-state index in [4.69, 9.17) is 15.6 Å². The Hall–Kier alpha value is -1.63. The van der Waals surface area contributed by atoms with E-state index in [9.17, 15) is 5.11 Å². The summed E-state index contributed by atoms with van der Waals surface area (Å²) in [6, 6.07) is 3.37. The zero-order valence-electron chi connectivity index (χ0n) is 9.73. The molecule has 0 spiro atoms. The van der Waals surface area contributed by atoms with Crippen LogP contribution in [-0.2, 0) is 4.74 Å². The average molecular weight is 249 g/mol. The summed E-state index contributed by atoms with van der Waals surface area (Å²) < 4.78 is 7.20. The second-order valence-corrected chi connectivity index (χ2v) is 4.47. The fourth-order valence-electron chi connectivity index (χ4n) is 2.42. The van der Waals surface area contributed by atoms with Crippen LogP contribution in [0.2, 0.25) is 0 Å². The molecule has 1 aliphatic rings. The number of fused-ring (bicyclic) bond motifs is 1. The van der Waals surface area contributed by atoms with Crippen LogP contribution in [-0.4, -0.2) is 45.2 Å². The molecule has 4 N–H and O–H groups in total. The SMILES string of the molecule is Nc1ccnc2c1ccn2C1CO[C@H](CO)[C@H]1O. The van der Waals surface area contributed by atoms with Gasteiger partial charge in [-0.15, -0.1) is 0 Å². The molecule has 2 aromatic heterocycles. The lowest BCUT2D eigenvalue weighted by Crippen LogP contribution is -2.30. The van der Waals surface area contributed by atoms with Crippen molar-refractivity contribution in [3.63, 3.8) is 0 Å². The molecular weight excluding hydrogens is 234 g/mol. The normalized spacial score (nSPS) is 28.0. The minimum absolute atomic E-state index is 0.188. The molecule has 96 valence electrons. The summed E-state index contributed by atoms with van der Waals surface area (Å²) in [7, 11) is 0. The molecule has 3 atom stereocenters. The average Bonchev–Trinajstić information content (AvgIpc) is 2.93. The summed E-state index contributed by atoms with van der Waals surface area (Å²) >= 11 is 0. The lowest BCUT2D eigenvalue weighted by Gasteiger charge is -2.17. The Balaban J connectivity index is 2.03. The number of aliphatic hydroxyl groups excluding tert-OH is 2. The Morgan fingerprint density at radius 1 is 1.50 bits per heavy atom. The minimum atomic E-state index is -0.742. The highest BCUT2D eigenvalue weighted by Crippen LogP contribution is 2.29. The predicted octanol–water partition coefficient (Wildman–Crippen LogP) is -0.0884. The molecule has 0 bridgehead atoms. The highest BCUT2D eigenvalue weighted by molar-refractivity contribution is 5.88. The third kappa shape index (κ3) is 1.58. The molecule has 3 rings (SSSR count). The minimum Gasteiger partial charge on any atom is -0.398 e. The number of rotatable bonds is 2.